The number of aromatic nitrogens is 2. The zero-order chi connectivity index (χ0) is 29.4. The molecular formula is C30H43N5O6. The first-order valence-corrected chi connectivity index (χ1v) is 14.6. The molecule has 2 saturated heterocycles. The first-order valence-electron chi connectivity index (χ1n) is 14.6. The van der Waals surface area contributed by atoms with E-state index in [9.17, 15) is 19.5 Å². The molecule has 2 aromatic rings. The van der Waals surface area contributed by atoms with Crippen LogP contribution in [-0.2, 0) is 20.7 Å². The molecule has 1 aromatic heterocycles. The van der Waals surface area contributed by atoms with Crippen LogP contribution in [0.5, 0.6) is 0 Å². The Hall–Kier alpha value is -3.44. The number of para-hydroxylation sites is 1. The lowest BCUT2D eigenvalue weighted by Crippen LogP contribution is -2.58. The average Bonchev–Trinajstić information content (AvgIpc) is 3.41. The molecule has 11 heteroatoms. The Morgan fingerprint density at radius 2 is 1.83 bits per heavy atom. The van der Waals surface area contributed by atoms with Crippen molar-refractivity contribution >= 4 is 17.9 Å². The van der Waals surface area contributed by atoms with Gasteiger partial charge in [0.15, 0.2) is 0 Å². The minimum Gasteiger partial charge on any atom is -0.465 e. The molecule has 0 radical (unpaired) electrons. The van der Waals surface area contributed by atoms with E-state index < -0.39 is 18.1 Å². The van der Waals surface area contributed by atoms with Crippen LogP contribution in [0.1, 0.15) is 49.2 Å². The number of morpholine rings is 1. The summed E-state index contributed by atoms with van der Waals surface area (Å²) < 4.78 is 12.5. The second-order valence-corrected chi connectivity index (χ2v) is 11.3. The van der Waals surface area contributed by atoms with Crippen molar-refractivity contribution in [2.75, 3.05) is 59.7 Å². The maximum atomic E-state index is 14.4. The van der Waals surface area contributed by atoms with E-state index in [-0.39, 0.29) is 30.8 Å². The quantitative estimate of drug-likeness (QED) is 0.413. The van der Waals surface area contributed by atoms with Gasteiger partial charge in [-0.1, -0.05) is 32.0 Å². The highest BCUT2D eigenvalue weighted by molar-refractivity contribution is 5.95. The van der Waals surface area contributed by atoms with Crippen LogP contribution in [0.25, 0.3) is 5.69 Å². The van der Waals surface area contributed by atoms with Gasteiger partial charge in [-0.3, -0.25) is 9.59 Å². The maximum Gasteiger partial charge on any atom is 0.407 e. The van der Waals surface area contributed by atoms with Gasteiger partial charge in [0.05, 0.1) is 48.3 Å². The number of hydrogen-bond donors (Lipinski definition) is 1. The van der Waals surface area contributed by atoms with Crippen molar-refractivity contribution in [3.63, 3.8) is 0 Å². The Balaban J connectivity index is 1.65. The zero-order valence-corrected chi connectivity index (χ0v) is 24.4. The monoisotopic (exact) mass is 569 g/mol. The molecular weight excluding hydrogens is 526 g/mol. The van der Waals surface area contributed by atoms with Crippen LogP contribution in [0.2, 0.25) is 0 Å². The summed E-state index contributed by atoms with van der Waals surface area (Å²) in [6.07, 6.45) is 3.27. The van der Waals surface area contributed by atoms with Crippen LogP contribution in [0.4, 0.5) is 4.79 Å². The normalized spacial score (nSPS) is 19.4. The third-order valence-corrected chi connectivity index (χ3v) is 7.75. The SMILES string of the molecule is COCCCCc1c(C(=O)N(CC(C)C)[C@H]2C[C@@H](C(=O)N3CCOCC3)CN(C(=O)O)C2)cnn1-c1ccccc1. The summed E-state index contributed by atoms with van der Waals surface area (Å²) >= 11 is 0. The summed E-state index contributed by atoms with van der Waals surface area (Å²) in [5.41, 5.74) is 2.20. The van der Waals surface area contributed by atoms with E-state index in [1.807, 2.05) is 48.9 Å². The molecule has 3 amide bonds. The van der Waals surface area contributed by atoms with Crippen LogP contribution >= 0.6 is 0 Å². The molecule has 2 atom stereocenters. The molecule has 1 N–H and O–H groups in total. The lowest BCUT2D eigenvalue weighted by Gasteiger charge is -2.43. The van der Waals surface area contributed by atoms with E-state index in [1.165, 1.54) is 4.90 Å². The molecule has 1 aromatic carbocycles. The van der Waals surface area contributed by atoms with Crippen LogP contribution < -0.4 is 0 Å². The average molecular weight is 570 g/mol. The van der Waals surface area contributed by atoms with Crippen molar-refractivity contribution in [3.8, 4) is 5.69 Å². The number of nitrogens with zero attached hydrogens (tertiary/aromatic N) is 5. The molecule has 3 heterocycles. The largest absolute Gasteiger partial charge is 0.465 e. The number of unbranched alkanes of at least 4 members (excludes halogenated alkanes) is 1. The van der Waals surface area contributed by atoms with Gasteiger partial charge in [-0.25, -0.2) is 9.48 Å². The second kappa shape index (κ2) is 14.5. The smallest absolute Gasteiger partial charge is 0.407 e. The number of hydrogen-bond acceptors (Lipinski definition) is 6. The molecule has 0 spiro atoms. The molecule has 2 aliphatic heterocycles. The molecule has 224 valence electrons. The number of rotatable bonds is 11. The molecule has 11 nitrogen and oxygen atoms in total. The third-order valence-electron chi connectivity index (χ3n) is 7.75. The Morgan fingerprint density at radius 1 is 1.10 bits per heavy atom. The molecule has 2 aliphatic rings. The second-order valence-electron chi connectivity index (χ2n) is 11.3. The lowest BCUT2D eigenvalue weighted by molar-refractivity contribution is -0.142. The molecule has 4 rings (SSSR count). The van der Waals surface area contributed by atoms with Crippen molar-refractivity contribution in [1.29, 1.82) is 0 Å². The number of likely N-dealkylation sites (tertiary alicyclic amines) is 1. The van der Waals surface area contributed by atoms with Crippen LogP contribution in [-0.4, -0.2) is 113 Å². The summed E-state index contributed by atoms with van der Waals surface area (Å²) in [5, 5.41) is 14.6. The number of carbonyl (C=O) groups is 3. The van der Waals surface area contributed by atoms with E-state index in [0.29, 0.717) is 57.9 Å². The molecule has 0 aliphatic carbocycles. The third kappa shape index (κ3) is 7.65. The minimum absolute atomic E-state index is 0.0723. The summed E-state index contributed by atoms with van der Waals surface area (Å²) in [6, 6.07) is 9.29. The van der Waals surface area contributed by atoms with E-state index >= 15 is 0 Å². The fraction of sp³-hybridized carbons (Fsp3) is 0.600. The van der Waals surface area contributed by atoms with Crippen LogP contribution in [0.3, 0.4) is 0 Å². The Bertz CT molecular complexity index is 1160. The number of amides is 3. The van der Waals surface area contributed by atoms with Gasteiger partial charge >= 0.3 is 6.09 Å². The van der Waals surface area contributed by atoms with Crippen molar-refractivity contribution in [1.82, 2.24) is 24.5 Å². The number of methoxy groups -OCH3 is 1. The standard InChI is InChI=1S/C30H43N5O6/c1-22(2)19-34(25-17-23(20-33(21-25)30(38)39)28(36)32-12-15-41-16-13-32)29(37)26-18-31-35(24-9-5-4-6-10-24)27(26)11-7-8-14-40-3/h4-6,9-10,18,22-23,25H,7-8,11-17,19-21H2,1-3H3,(H,38,39)/t23-,25+/m1/s1. The number of carbonyl (C=O) groups excluding carboxylic acids is 2. The highest BCUT2D eigenvalue weighted by Crippen LogP contribution is 2.27. The highest BCUT2D eigenvalue weighted by atomic mass is 16.5. The topological polar surface area (TPSA) is 117 Å². The van der Waals surface area contributed by atoms with Crippen molar-refractivity contribution < 1.29 is 29.0 Å². The summed E-state index contributed by atoms with van der Waals surface area (Å²) in [6.45, 7) is 7.37. The lowest BCUT2D eigenvalue weighted by atomic mass is 9.91. The predicted octanol–water partition coefficient (Wildman–Crippen LogP) is 3.17. The first-order chi connectivity index (χ1) is 19.8. The van der Waals surface area contributed by atoms with Gasteiger partial charge in [-0.05, 0) is 43.7 Å². The summed E-state index contributed by atoms with van der Waals surface area (Å²) in [4.78, 5) is 44.8. The number of benzene rings is 1. The van der Waals surface area contributed by atoms with Crippen LogP contribution in [0, 0.1) is 11.8 Å². The maximum absolute atomic E-state index is 14.4. The Morgan fingerprint density at radius 3 is 2.49 bits per heavy atom. The fourth-order valence-corrected chi connectivity index (χ4v) is 5.74. The van der Waals surface area contributed by atoms with Gasteiger partial charge in [-0.15, -0.1) is 0 Å². The van der Waals surface area contributed by atoms with Gasteiger partial charge in [0, 0.05) is 46.4 Å². The Kier molecular flexibility index (Phi) is 10.8. The Labute approximate surface area is 242 Å². The first kappa shape index (κ1) is 30.5. The number of carboxylic acid groups (broad SMARTS) is 1. The molecule has 0 bridgehead atoms. The van der Waals surface area contributed by atoms with Gasteiger partial charge < -0.3 is 29.3 Å². The van der Waals surface area contributed by atoms with Crippen molar-refractivity contribution in [2.45, 2.75) is 45.6 Å². The van der Waals surface area contributed by atoms with Crippen LogP contribution in [0.15, 0.2) is 36.5 Å². The predicted molar refractivity (Wildman–Crippen MR) is 153 cm³/mol. The molecule has 2 fully saturated rings. The van der Waals surface area contributed by atoms with Gasteiger partial charge in [0.1, 0.15) is 0 Å². The van der Waals surface area contributed by atoms with E-state index in [0.717, 1.165) is 24.2 Å². The van der Waals surface area contributed by atoms with E-state index in [2.05, 4.69) is 5.10 Å². The van der Waals surface area contributed by atoms with E-state index in [1.54, 1.807) is 23.1 Å². The number of piperidine rings is 1. The molecule has 0 saturated carbocycles. The molecule has 41 heavy (non-hydrogen) atoms. The zero-order valence-electron chi connectivity index (χ0n) is 24.4. The van der Waals surface area contributed by atoms with Crippen molar-refractivity contribution in [2.24, 2.45) is 11.8 Å². The summed E-state index contributed by atoms with van der Waals surface area (Å²) in [5.74, 6) is -0.637. The van der Waals surface area contributed by atoms with Gasteiger partial charge in [0.2, 0.25) is 5.91 Å². The van der Waals surface area contributed by atoms with Gasteiger partial charge in [-0.2, -0.15) is 5.10 Å². The van der Waals surface area contributed by atoms with E-state index in [4.69, 9.17) is 9.47 Å². The fourth-order valence-electron chi connectivity index (χ4n) is 5.74. The van der Waals surface area contributed by atoms with Gasteiger partial charge in [0.25, 0.3) is 5.91 Å². The van der Waals surface area contributed by atoms with Crippen molar-refractivity contribution in [3.05, 3.63) is 47.8 Å². The number of ether oxygens (including phenoxy) is 2. The summed E-state index contributed by atoms with van der Waals surface area (Å²) in [7, 11) is 1.68. The highest BCUT2D eigenvalue weighted by Gasteiger charge is 2.40. The molecule has 0 unspecified atom stereocenters. The minimum atomic E-state index is -1.08.